The van der Waals surface area contributed by atoms with Crippen molar-refractivity contribution in [3.8, 4) is 5.75 Å². The molecule has 2 aliphatic rings. The van der Waals surface area contributed by atoms with Crippen LogP contribution in [0.15, 0.2) is 30.3 Å². The van der Waals surface area contributed by atoms with Crippen LogP contribution in [0.4, 0.5) is 4.79 Å². The van der Waals surface area contributed by atoms with Crippen LogP contribution in [0.25, 0.3) is 0 Å². The van der Waals surface area contributed by atoms with Crippen LogP contribution < -0.4 is 4.74 Å². The number of nitrogens with zero attached hydrogens (tertiary/aromatic N) is 1. The van der Waals surface area contributed by atoms with Gasteiger partial charge in [0.05, 0.1) is 0 Å². The van der Waals surface area contributed by atoms with Gasteiger partial charge in [0.1, 0.15) is 17.5 Å². The summed E-state index contributed by atoms with van der Waals surface area (Å²) in [7, 11) is 0. The van der Waals surface area contributed by atoms with Crippen molar-refractivity contribution in [2.45, 2.75) is 45.3 Å². The topological polar surface area (TPSA) is 38.8 Å². The van der Waals surface area contributed by atoms with Gasteiger partial charge in [0.2, 0.25) is 0 Å². The standard InChI is InChI=1S/C17H23NO3/c1-16(2,3)21-15(19)18-11-17(12-18)9-14(10-17)20-13-7-5-4-6-8-13/h4-8,14H,9-12H2,1-3H3. The Labute approximate surface area is 126 Å². The van der Waals surface area contributed by atoms with Gasteiger partial charge in [-0.3, -0.25) is 0 Å². The Morgan fingerprint density at radius 2 is 1.81 bits per heavy atom. The van der Waals surface area contributed by atoms with E-state index in [0.717, 1.165) is 31.7 Å². The van der Waals surface area contributed by atoms with E-state index in [0.29, 0.717) is 0 Å². The Hall–Kier alpha value is -1.71. The zero-order valence-electron chi connectivity index (χ0n) is 13.0. The van der Waals surface area contributed by atoms with Gasteiger partial charge < -0.3 is 14.4 Å². The summed E-state index contributed by atoms with van der Waals surface area (Å²) in [4.78, 5) is 13.7. The molecule has 1 amide bonds. The van der Waals surface area contributed by atoms with Gasteiger partial charge in [-0.05, 0) is 45.7 Å². The molecule has 1 aliphatic heterocycles. The number of likely N-dealkylation sites (tertiary alicyclic amines) is 1. The van der Waals surface area contributed by atoms with Crippen LogP contribution in [0.2, 0.25) is 0 Å². The number of para-hydroxylation sites is 1. The normalized spacial score (nSPS) is 20.6. The first kappa shape index (κ1) is 14.2. The molecule has 2 fully saturated rings. The van der Waals surface area contributed by atoms with Crippen LogP contribution in [0.1, 0.15) is 33.6 Å². The monoisotopic (exact) mass is 289 g/mol. The summed E-state index contributed by atoms with van der Waals surface area (Å²) in [6, 6.07) is 9.92. The Bertz CT molecular complexity index is 507. The van der Waals surface area contributed by atoms with Crippen LogP contribution in [0.3, 0.4) is 0 Å². The molecule has 1 saturated heterocycles. The van der Waals surface area contributed by atoms with Crippen LogP contribution in [-0.4, -0.2) is 35.8 Å². The zero-order valence-corrected chi connectivity index (χ0v) is 13.0. The van der Waals surface area contributed by atoms with Gasteiger partial charge >= 0.3 is 6.09 Å². The fourth-order valence-corrected chi connectivity index (χ4v) is 3.16. The molecule has 0 aromatic heterocycles. The third-order valence-corrected chi connectivity index (χ3v) is 4.07. The first-order valence-electron chi connectivity index (χ1n) is 7.55. The number of carbonyl (C=O) groups excluding carboxylic acids is 1. The van der Waals surface area contributed by atoms with Crippen molar-refractivity contribution in [1.29, 1.82) is 0 Å². The summed E-state index contributed by atoms with van der Waals surface area (Å²) in [6.07, 6.45) is 2.15. The molecule has 4 nitrogen and oxygen atoms in total. The third kappa shape index (κ3) is 3.14. The summed E-state index contributed by atoms with van der Waals surface area (Å²) in [5, 5.41) is 0. The van der Waals surface area contributed by atoms with Gasteiger partial charge in [-0.25, -0.2) is 4.79 Å². The van der Waals surface area contributed by atoms with Crippen LogP contribution in [-0.2, 0) is 4.74 Å². The highest BCUT2D eigenvalue weighted by molar-refractivity contribution is 5.69. The second-order valence-electron chi connectivity index (χ2n) is 7.30. The van der Waals surface area contributed by atoms with E-state index in [1.54, 1.807) is 4.90 Å². The lowest BCUT2D eigenvalue weighted by atomic mass is 9.62. The van der Waals surface area contributed by atoms with Crippen LogP contribution >= 0.6 is 0 Å². The largest absolute Gasteiger partial charge is 0.490 e. The number of hydrogen-bond acceptors (Lipinski definition) is 3. The highest BCUT2D eigenvalue weighted by Crippen LogP contribution is 2.49. The van der Waals surface area contributed by atoms with Crippen molar-refractivity contribution in [2.75, 3.05) is 13.1 Å². The highest BCUT2D eigenvalue weighted by Gasteiger charge is 2.55. The maximum Gasteiger partial charge on any atom is 0.410 e. The number of benzene rings is 1. The second kappa shape index (κ2) is 4.93. The molecular formula is C17H23NO3. The third-order valence-electron chi connectivity index (χ3n) is 4.07. The van der Waals surface area contributed by atoms with E-state index in [-0.39, 0.29) is 17.6 Å². The minimum absolute atomic E-state index is 0.194. The van der Waals surface area contributed by atoms with E-state index in [2.05, 4.69) is 0 Å². The van der Waals surface area contributed by atoms with Gasteiger partial charge in [0.25, 0.3) is 0 Å². The first-order chi connectivity index (χ1) is 9.85. The molecule has 1 saturated carbocycles. The molecule has 21 heavy (non-hydrogen) atoms. The fraction of sp³-hybridized carbons (Fsp3) is 0.588. The Balaban J connectivity index is 1.43. The lowest BCUT2D eigenvalue weighted by Crippen LogP contribution is -2.66. The molecule has 0 atom stereocenters. The van der Waals surface area contributed by atoms with Gasteiger partial charge in [-0.15, -0.1) is 0 Å². The molecule has 114 valence electrons. The van der Waals surface area contributed by atoms with Gasteiger partial charge in [0, 0.05) is 18.5 Å². The molecule has 0 bridgehead atoms. The molecule has 1 heterocycles. The maximum atomic E-state index is 11.9. The lowest BCUT2D eigenvalue weighted by molar-refractivity contribution is -0.116. The summed E-state index contributed by atoms with van der Waals surface area (Å²) < 4.78 is 11.3. The van der Waals surface area contributed by atoms with Crippen molar-refractivity contribution in [2.24, 2.45) is 5.41 Å². The van der Waals surface area contributed by atoms with Crippen LogP contribution in [0.5, 0.6) is 5.75 Å². The van der Waals surface area contributed by atoms with Gasteiger partial charge in [0.15, 0.2) is 0 Å². The molecule has 0 radical (unpaired) electrons. The highest BCUT2D eigenvalue weighted by atomic mass is 16.6. The Morgan fingerprint density at radius 3 is 2.38 bits per heavy atom. The summed E-state index contributed by atoms with van der Waals surface area (Å²) in [5.41, 5.74) is -0.144. The van der Waals surface area contributed by atoms with Crippen molar-refractivity contribution in [3.63, 3.8) is 0 Å². The molecule has 1 aliphatic carbocycles. The molecule has 0 N–H and O–H groups in total. The Morgan fingerprint density at radius 1 is 1.19 bits per heavy atom. The Kier molecular flexibility index (Phi) is 3.34. The average molecular weight is 289 g/mol. The number of ether oxygens (including phenoxy) is 2. The van der Waals surface area contributed by atoms with E-state index in [9.17, 15) is 4.79 Å². The smallest absolute Gasteiger partial charge is 0.410 e. The van der Waals surface area contributed by atoms with E-state index in [1.807, 2.05) is 51.1 Å². The van der Waals surface area contributed by atoms with Crippen LogP contribution in [0, 0.1) is 5.41 Å². The van der Waals surface area contributed by atoms with Gasteiger partial charge in [-0.1, -0.05) is 18.2 Å². The number of hydrogen-bond donors (Lipinski definition) is 0. The molecule has 0 unspecified atom stereocenters. The molecule has 1 aromatic carbocycles. The lowest BCUT2D eigenvalue weighted by Gasteiger charge is -2.58. The second-order valence-corrected chi connectivity index (χ2v) is 7.30. The predicted molar refractivity (Wildman–Crippen MR) is 80.3 cm³/mol. The van der Waals surface area contributed by atoms with Crippen molar-refractivity contribution in [1.82, 2.24) is 4.90 Å². The minimum Gasteiger partial charge on any atom is -0.490 e. The summed E-state index contributed by atoms with van der Waals surface area (Å²) in [5.74, 6) is 0.931. The molecule has 4 heteroatoms. The molecule has 1 spiro atoms. The fourth-order valence-electron chi connectivity index (χ4n) is 3.16. The maximum absolute atomic E-state index is 11.9. The molecule has 3 rings (SSSR count). The van der Waals surface area contributed by atoms with Crippen molar-refractivity contribution >= 4 is 6.09 Å². The minimum atomic E-state index is -0.418. The number of rotatable bonds is 2. The average Bonchev–Trinajstić information content (AvgIpc) is 2.29. The summed E-state index contributed by atoms with van der Waals surface area (Å²) >= 11 is 0. The van der Waals surface area contributed by atoms with E-state index >= 15 is 0 Å². The zero-order chi connectivity index (χ0) is 15.1. The van der Waals surface area contributed by atoms with Crippen molar-refractivity contribution < 1.29 is 14.3 Å². The summed E-state index contributed by atoms with van der Waals surface area (Å²) in [6.45, 7) is 7.29. The number of amides is 1. The quantitative estimate of drug-likeness (QED) is 0.837. The van der Waals surface area contributed by atoms with E-state index in [1.165, 1.54) is 0 Å². The first-order valence-corrected chi connectivity index (χ1v) is 7.55. The van der Waals surface area contributed by atoms with Gasteiger partial charge in [-0.2, -0.15) is 0 Å². The van der Waals surface area contributed by atoms with E-state index < -0.39 is 5.60 Å². The number of carbonyl (C=O) groups is 1. The molecular weight excluding hydrogens is 266 g/mol. The van der Waals surface area contributed by atoms with Crippen molar-refractivity contribution in [3.05, 3.63) is 30.3 Å². The van der Waals surface area contributed by atoms with E-state index in [4.69, 9.17) is 9.47 Å². The SMILES string of the molecule is CC(C)(C)OC(=O)N1CC2(CC(Oc3ccccc3)C2)C1. The predicted octanol–water partition coefficient (Wildman–Crippen LogP) is 3.46. The molecule has 1 aromatic rings.